The Kier molecular flexibility index (Phi) is 5.80. The van der Waals surface area contributed by atoms with E-state index in [9.17, 15) is 8.42 Å². The largest absolute Gasteiger partial charge is 0.228 e. The summed E-state index contributed by atoms with van der Waals surface area (Å²) in [6, 6.07) is 0. The molecule has 0 aliphatic heterocycles. The Morgan fingerprint density at radius 1 is 1.10 bits per heavy atom. The summed E-state index contributed by atoms with van der Waals surface area (Å²) in [5.41, 5.74) is 0.0760. The van der Waals surface area contributed by atoms with E-state index in [0.717, 1.165) is 12.3 Å². The molecule has 1 saturated carbocycles. The molecular weight excluding hydrogens is 336 g/mol. The van der Waals surface area contributed by atoms with Crippen LogP contribution in [0.25, 0.3) is 0 Å². The third kappa shape index (κ3) is 4.46. The van der Waals surface area contributed by atoms with Crippen LogP contribution in [0.2, 0.25) is 0 Å². The van der Waals surface area contributed by atoms with Gasteiger partial charge in [0.05, 0.1) is 10.5 Å². The zero-order valence-electron chi connectivity index (χ0n) is 13.9. The monoisotopic (exact) mass is 366 g/mol. The first kappa shape index (κ1) is 18.5. The second kappa shape index (κ2) is 6.28. The average Bonchev–Trinajstić information content (AvgIpc) is 2.24. The molecule has 0 N–H and O–H groups in total. The normalized spacial score (nSPS) is 29.4. The van der Waals surface area contributed by atoms with E-state index in [4.69, 9.17) is 0 Å². The molecule has 1 aliphatic rings. The molecule has 1 aliphatic carbocycles. The summed E-state index contributed by atoms with van der Waals surface area (Å²) >= 11 is 3.84. The molecule has 0 aromatic carbocycles. The van der Waals surface area contributed by atoms with Gasteiger partial charge in [-0.05, 0) is 57.3 Å². The zero-order valence-corrected chi connectivity index (χ0v) is 16.3. The molecule has 3 unspecified atom stereocenters. The molecule has 0 bridgehead atoms. The number of hydrogen-bond acceptors (Lipinski definition) is 2. The third-order valence-electron chi connectivity index (χ3n) is 4.99. The summed E-state index contributed by atoms with van der Waals surface area (Å²) in [5, 5.41) is 0. The topological polar surface area (TPSA) is 34.1 Å². The summed E-state index contributed by atoms with van der Waals surface area (Å²) in [5.74, 6) is 1.66. The van der Waals surface area contributed by atoms with Crippen LogP contribution in [-0.2, 0) is 9.84 Å². The highest BCUT2D eigenvalue weighted by atomic mass is 79.9. The fourth-order valence-corrected chi connectivity index (χ4v) is 6.11. The van der Waals surface area contributed by atoms with Crippen LogP contribution < -0.4 is 0 Å². The van der Waals surface area contributed by atoms with Gasteiger partial charge < -0.3 is 0 Å². The molecule has 2 nitrogen and oxygen atoms in total. The van der Waals surface area contributed by atoms with Gasteiger partial charge >= 0.3 is 0 Å². The quantitative estimate of drug-likeness (QED) is 0.668. The summed E-state index contributed by atoms with van der Waals surface area (Å²) in [4.78, 5) is 0.526. The van der Waals surface area contributed by atoms with Crippen LogP contribution in [0.4, 0.5) is 0 Å². The highest BCUT2D eigenvalue weighted by Crippen LogP contribution is 2.45. The molecule has 3 atom stereocenters. The SMILES string of the molecule is CC1CCC(C(C)(C)CCS(=O)(=O)C(C)(C)C)C(Br)C1. The van der Waals surface area contributed by atoms with Gasteiger partial charge in [0.25, 0.3) is 0 Å². The summed E-state index contributed by atoms with van der Waals surface area (Å²) in [7, 11) is -3.01. The Labute approximate surface area is 134 Å². The fourth-order valence-electron chi connectivity index (χ4n) is 3.08. The van der Waals surface area contributed by atoms with Crippen molar-refractivity contribution in [3.05, 3.63) is 0 Å². The van der Waals surface area contributed by atoms with Gasteiger partial charge in [0.15, 0.2) is 9.84 Å². The number of sulfone groups is 1. The molecule has 20 heavy (non-hydrogen) atoms. The van der Waals surface area contributed by atoms with Crippen molar-refractivity contribution < 1.29 is 8.42 Å². The van der Waals surface area contributed by atoms with E-state index >= 15 is 0 Å². The van der Waals surface area contributed by atoms with Crippen molar-refractivity contribution in [2.75, 3.05) is 5.75 Å². The average molecular weight is 367 g/mol. The van der Waals surface area contributed by atoms with Crippen molar-refractivity contribution in [3.63, 3.8) is 0 Å². The lowest BCUT2D eigenvalue weighted by Crippen LogP contribution is -2.38. The molecule has 1 rings (SSSR count). The van der Waals surface area contributed by atoms with Gasteiger partial charge in [-0.25, -0.2) is 8.42 Å². The minimum absolute atomic E-state index is 0.0760. The number of alkyl halides is 1. The maximum Gasteiger partial charge on any atom is 0.155 e. The summed E-state index contributed by atoms with van der Waals surface area (Å²) in [6.45, 7) is 12.2. The first-order valence-corrected chi connectivity index (χ1v) is 10.3. The smallest absolute Gasteiger partial charge is 0.155 e. The maximum atomic E-state index is 12.3. The van der Waals surface area contributed by atoms with Crippen molar-refractivity contribution in [1.82, 2.24) is 0 Å². The van der Waals surface area contributed by atoms with Crippen molar-refractivity contribution in [1.29, 1.82) is 0 Å². The van der Waals surface area contributed by atoms with Crippen LogP contribution in [-0.4, -0.2) is 23.7 Å². The molecule has 0 saturated heterocycles. The van der Waals surface area contributed by atoms with Gasteiger partial charge in [-0.15, -0.1) is 0 Å². The Hall–Kier alpha value is 0.430. The van der Waals surface area contributed by atoms with Crippen LogP contribution in [0.3, 0.4) is 0 Å². The van der Waals surface area contributed by atoms with Crippen molar-refractivity contribution >= 4 is 25.8 Å². The minimum Gasteiger partial charge on any atom is -0.228 e. The highest BCUT2D eigenvalue weighted by Gasteiger charge is 2.39. The van der Waals surface area contributed by atoms with Gasteiger partial charge in [-0.3, -0.25) is 0 Å². The molecule has 1 fully saturated rings. The lowest BCUT2D eigenvalue weighted by Gasteiger charge is -2.42. The Morgan fingerprint density at radius 2 is 1.65 bits per heavy atom. The van der Waals surface area contributed by atoms with Gasteiger partial charge in [-0.1, -0.05) is 43.1 Å². The molecule has 120 valence electrons. The fraction of sp³-hybridized carbons (Fsp3) is 1.00. The van der Waals surface area contributed by atoms with Crippen molar-refractivity contribution in [2.24, 2.45) is 17.3 Å². The molecule has 0 heterocycles. The summed E-state index contributed by atoms with van der Waals surface area (Å²) < 4.78 is 24.0. The second-order valence-corrected chi connectivity index (χ2v) is 12.2. The molecule has 0 amide bonds. The third-order valence-corrected chi connectivity index (χ3v) is 8.61. The van der Waals surface area contributed by atoms with E-state index in [1.807, 2.05) is 0 Å². The highest BCUT2D eigenvalue weighted by molar-refractivity contribution is 9.09. The molecular formula is C16H31BrO2S. The van der Waals surface area contributed by atoms with E-state index in [2.05, 4.69) is 36.7 Å². The van der Waals surface area contributed by atoms with Crippen molar-refractivity contribution in [2.45, 2.75) is 76.8 Å². The lowest BCUT2D eigenvalue weighted by atomic mass is 9.68. The van der Waals surface area contributed by atoms with Crippen LogP contribution in [0, 0.1) is 17.3 Å². The van der Waals surface area contributed by atoms with Crippen molar-refractivity contribution in [3.8, 4) is 0 Å². The molecule has 0 aromatic rings. The minimum atomic E-state index is -3.01. The number of hydrogen-bond donors (Lipinski definition) is 0. The van der Waals surface area contributed by atoms with E-state index in [1.165, 1.54) is 19.3 Å². The second-order valence-electron chi connectivity index (χ2n) is 8.21. The predicted molar refractivity (Wildman–Crippen MR) is 91.2 cm³/mol. The van der Waals surface area contributed by atoms with Crippen LogP contribution in [0.15, 0.2) is 0 Å². The lowest BCUT2D eigenvalue weighted by molar-refractivity contribution is 0.143. The summed E-state index contributed by atoms with van der Waals surface area (Å²) in [6.07, 6.45) is 4.44. The zero-order chi connectivity index (χ0) is 15.8. The van der Waals surface area contributed by atoms with Crippen LogP contribution >= 0.6 is 15.9 Å². The van der Waals surface area contributed by atoms with Gasteiger partial charge in [0.2, 0.25) is 0 Å². The Bertz CT molecular complexity index is 420. The molecule has 0 aromatic heterocycles. The van der Waals surface area contributed by atoms with Gasteiger partial charge in [-0.2, -0.15) is 0 Å². The predicted octanol–water partition coefficient (Wildman–Crippen LogP) is 4.82. The van der Waals surface area contributed by atoms with E-state index in [-0.39, 0.29) is 5.41 Å². The van der Waals surface area contributed by atoms with Gasteiger partial charge in [0, 0.05) is 4.83 Å². The maximum absolute atomic E-state index is 12.3. The Balaban J connectivity index is 2.71. The van der Waals surface area contributed by atoms with Crippen LogP contribution in [0.1, 0.15) is 67.2 Å². The van der Waals surface area contributed by atoms with Gasteiger partial charge in [0.1, 0.15) is 0 Å². The van der Waals surface area contributed by atoms with E-state index in [1.54, 1.807) is 20.8 Å². The Morgan fingerprint density at radius 3 is 2.10 bits per heavy atom. The van der Waals surface area contributed by atoms with E-state index < -0.39 is 14.6 Å². The number of halogens is 1. The standard InChI is InChI=1S/C16H31BrO2S/c1-12-7-8-13(14(17)11-12)16(5,6)9-10-20(18,19)15(2,3)4/h12-14H,7-11H2,1-6H3. The van der Waals surface area contributed by atoms with E-state index in [0.29, 0.717) is 16.5 Å². The molecule has 0 spiro atoms. The first-order valence-electron chi connectivity index (χ1n) is 7.73. The first-order chi connectivity index (χ1) is 8.87. The molecule has 4 heteroatoms. The number of rotatable bonds is 4. The molecule has 0 radical (unpaired) electrons. The van der Waals surface area contributed by atoms with Crippen LogP contribution in [0.5, 0.6) is 0 Å².